The van der Waals surface area contributed by atoms with Crippen molar-refractivity contribution in [3.05, 3.63) is 194 Å². The Kier molecular flexibility index (Phi) is 6.87. The molecule has 0 saturated heterocycles. The van der Waals surface area contributed by atoms with Gasteiger partial charge in [-0.3, -0.25) is 0 Å². The van der Waals surface area contributed by atoms with Crippen LogP contribution in [0.5, 0.6) is 0 Å². The first kappa shape index (κ1) is 30.7. The number of hydrogen-bond donors (Lipinski definition) is 0. The maximum Gasteiger partial charge on any atom is 0.0862 e. The average Bonchev–Trinajstić information content (AvgIpc) is 3.52. The predicted octanol–water partition coefficient (Wildman–Crippen LogP) is 13.3. The van der Waals surface area contributed by atoms with Crippen LogP contribution in [0, 0.1) is 0 Å². The quantitative estimate of drug-likeness (QED) is 0.181. The molecule has 0 bridgehead atoms. The first-order valence-electron chi connectivity index (χ1n) is 18.1. The van der Waals surface area contributed by atoms with E-state index in [2.05, 4.69) is 214 Å². The SMILES string of the molecule is O=S1c2ccc(N3c4ccccc4N(c4ccccc4)c4ccccc43)cc2-c2cc(N3c4ccccc4N(c4ccccc4)c4ccccc43)ccc21. The van der Waals surface area contributed by atoms with Gasteiger partial charge in [-0.15, -0.1) is 0 Å². The Balaban J connectivity index is 1.06. The predicted molar refractivity (Wildman–Crippen MR) is 222 cm³/mol. The Labute approximate surface area is 316 Å². The molecule has 0 fully saturated rings. The monoisotopic (exact) mass is 712 g/mol. The van der Waals surface area contributed by atoms with Crippen LogP contribution in [0.25, 0.3) is 11.1 Å². The van der Waals surface area contributed by atoms with E-state index in [1.165, 1.54) is 0 Å². The number of para-hydroxylation sites is 10. The van der Waals surface area contributed by atoms with E-state index in [4.69, 9.17) is 0 Å². The molecule has 3 heterocycles. The largest absolute Gasteiger partial charge is 0.306 e. The van der Waals surface area contributed by atoms with Gasteiger partial charge in [-0.1, -0.05) is 84.9 Å². The lowest BCUT2D eigenvalue weighted by atomic mass is 10.0. The van der Waals surface area contributed by atoms with Crippen LogP contribution in [-0.4, -0.2) is 4.21 Å². The van der Waals surface area contributed by atoms with Gasteiger partial charge in [0.15, 0.2) is 0 Å². The van der Waals surface area contributed by atoms with Crippen LogP contribution in [-0.2, 0) is 10.8 Å². The molecular weight excluding hydrogens is 681 g/mol. The number of benzene rings is 8. The van der Waals surface area contributed by atoms with Crippen LogP contribution >= 0.6 is 0 Å². The van der Waals surface area contributed by atoms with Crippen molar-refractivity contribution in [1.29, 1.82) is 0 Å². The van der Waals surface area contributed by atoms with Gasteiger partial charge in [-0.2, -0.15) is 0 Å². The molecule has 54 heavy (non-hydrogen) atoms. The summed E-state index contributed by atoms with van der Waals surface area (Å²) in [6, 6.07) is 68.1. The molecular formula is C48H32N4OS. The molecule has 3 aliphatic rings. The lowest BCUT2D eigenvalue weighted by molar-refractivity contribution is 0.685. The van der Waals surface area contributed by atoms with Gasteiger partial charge in [-0.05, 0) is 109 Å². The second kappa shape index (κ2) is 12.1. The Bertz CT molecular complexity index is 2500. The molecule has 0 aliphatic carbocycles. The third-order valence-corrected chi connectivity index (χ3v) is 12.1. The van der Waals surface area contributed by atoms with E-state index in [9.17, 15) is 4.21 Å². The van der Waals surface area contributed by atoms with Crippen LogP contribution < -0.4 is 19.6 Å². The summed E-state index contributed by atoms with van der Waals surface area (Å²) in [6.07, 6.45) is 0. The van der Waals surface area contributed by atoms with Gasteiger partial charge in [0.2, 0.25) is 0 Å². The maximum atomic E-state index is 14.1. The van der Waals surface area contributed by atoms with Crippen LogP contribution in [0.2, 0.25) is 0 Å². The summed E-state index contributed by atoms with van der Waals surface area (Å²) in [5.41, 5.74) is 15.0. The summed E-state index contributed by atoms with van der Waals surface area (Å²) in [5.74, 6) is 0. The molecule has 3 aliphatic heterocycles. The second-order valence-corrected chi connectivity index (χ2v) is 15.0. The molecule has 0 N–H and O–H groups in total. The Hall–Kier alpha value is -6.89. The normalized spacial score (nSPS) is 13.8. The van der Waals surface area contributed by atoms with E-state index >= 15 is 0 Å². The zero-order valence-corrected chi connectivity index (χ0v) is 29.9. The smallest absolute Gasteiger partial charge is 0.0862 e. The third-order valence-electron chi connectivity index (χ3n) is 10.6. The molecule has 0 spiro atoms. The molecule has 0 unspecified atom stereocenters. The van der Waals surface area contributed by atoms with Crippen LogP contribution in [0.15, 0.2) is 204 Å². The average molecular weight is 713 g/mol. The first-order chi connectivity index (χ1) is 26.7. The van der Waals surface area contributed by atoms with Crippen molar-refractivity contribution in [3.8, 4) is 11.1 Å². The van der Waals surface area contributed by atoms with Gasteiger partial charge in [-0.25, -0.2) is 4.21 Å². The molecule has 5 nitrogen and oxygen atoms in total. The van der Waals surface area contributed by atoms with E-state index < -0.39 is 10.8 Å². The standard InChI is InChI=1S/C48H32N4OS/c53-54-47-29-27-35(51-43-23-11-7-19-39(43)49(33-15-3-1-4-16-33)40-20-8-12-24-44(40)51)31-37(47)38-32-36(28-30-48(38)54)52-45-25-13-9-21-41(45)50(34-17-5-2-6-18-34)42-22-10-14-26-46(42)52/h1-32H. The Morgan fingerprint density at radius 2 is 0.537 bits per heavy atom. The van der Waals surface area contributed by atoms with Gasteiger partial charge in [0, 0.05) is 33.9 Å². The van der Waals surface area contributed by atoms with E-state index in [0.29, 0.717) is 0 Å². The minimum Gasteiger partial charge on any atom is -0.306 e. The minimum atomic E-state index is -1.29. The maximum absolute atomic E-state index is 14.1. The lowest BCUT2D eigenvalue weighted by Gasteiger charge is -2.40. The van der Waals surface area contributed by atoms with Crippen molar-refractivity contribution in [3.63, 3.8) is 0 Å². The first-order valence-corrected chi connectivity index (χ1v) is 19.3. The molecule has 8 aromatic rings. The molecule has 0 amide bonds. The van der Waals surface area contributed by atoms with Gasteiger partial charge < -0.3 is 19.6 Å². The highest BCUT2D eigenvalue weighted by molar-refractivity contribution is 7.85. The fourth-order valence-corrected chi connectivity index (χ4v) is 9.69. The van der Waals surface area contributed by atoms with Crippen molar-refractivity contribution in [1.82, 2.24) is 0 Å². The van der Waals surface area contributed by atoms with E-state index in [0.717, 1.165) is 89.2 Å². The highest BCUT2D eigenvalue weighted by Crippen LogP contribution is 2.57. The molecule has 0 aromatic heterocycles. The molecule has 8 aromatic carbocycles. The van der Waals surface area contributed by atoms with Crippen molar-refractivity contribution >= 4 is 79.0 Å². The van der Waals surface area contributed by atoms with E-state index in [-0.39, 0.29) is 0 Å². The van der Waals surface area contributed by atoms with Crippen molar-refractivity contribution in [2.24, 2.45) is 0 Å². The van der Waals surface area contributed by atoms with Gasteiger partial charge >= 0.3 is 0 Å². The molecule has 6 heteroatoms. The molecule has 0 radical (unpaired) electrons. The van der Waals surface area contributed by atoms with Crippen LogP contribution in [0.1, 0.15) is 0 Å². The summed E-state index contributed by atoms with van der Waals surface area (Å²) < 4.78 is 14.1. The highest BCUT2D eigenvalue weighted by Gasteiger charge is 2.34. The van der Waals surface area contributed by atoms with Crippen LogP contribution in [0.3, 0.4) is 0 Å². The zero-order valence-electron chi connectivity index (χ0n) is 29.1. The highest BCUT2D eigenvalue weighted by atomic mass is 32.2. The second-order valence-electron chi connectivity index (χ2n) is 13.6. The van der Waals surface area contributed by atoms with Gasteiger partial charge in [0.25, 0.3) is 0 Å². The summed E-state index contributed by atoms with van der Waals surface area (Å²) in [5, 5.41) is 0. The molecule has 0 saturated carbocycles. The lowest BCUT2D eigenvalue weighted by Crippen LogP contribution is -2.24. The van der Waals surface area contributed by atoms with Crippen LogP contribution in [0.4, 0.5) is 68.2 Å². The summed E-state index contributed by atoms with van der Waals surface area (Å²) >= 11 is 0. The van der Waals surface area contributed by atoms with Crippen molar-refractivity contribution < 1.29 is 4.21 Å². The summed E-state index contributed by atoms with van der Waals surface area (Å²) in [4.78, 5) is 11.0. The fraction of sp³-hybridized carbons (Fsp3) is 0. The van der Waals surface area contributed by atoms with Crippen molar-refractivity contribution in [2.45, 2.75) is 9.79 Å². The van der Waals surface area contributed by atoms with E-state index in [1.54, 1.807) is 0 Å². The number of anilines is 12. The van der Waals surface area contributed by atoms with Gasteiger partial charge in [0.1, 0.15) is 0 Å². The number of rotatable bonds is 4. The zero-order chi connectivity index (χ0) is 35.8. The fourth-order valence-electron chi connectivity index (χ4n) is 8.33. The number of fused-ring (bicyclic) bond motifs is 7. The minimum absolute atomic E-state index is 0.838. The third kappa shape index (κ3) is 4.54. The van der Waals surface area contributed by atoms with Crippen molar-refractivity contribution in [2.75, 3.05) is 19.6 Å². The molecule has 11 rings (SSSR count). The van der Waals surface area contributed by atoms with Gasteiger partial charge in [0.05, 0.1) is 66.1 Å². The molecule has 256 valence electrons. The Morgan fingerprint density at radius 3 is 0.833 bits per heavy atom. The number of nitrogens with zero attached hydrogens (tertiary/aromatic N) is 4. The summed E-state index contributed by atoms with van der Waals surface area (Å²) in [7, 11) is -1.29. The van der Waals surface area contributed by atoms with E-state index in [1.807, 2.05) is 0 Å². The topological polar surface area (TPSA) is 30.0 Å². The summed E-state index contributed by atoms with van der Waals surface area (Å²) in [6.45, 7) is 0. The number of hydrogen-bond acceptors (Lipinski definition) is 5. The Morgan fingerprint density at radius 1 is 0.278 bits per heavy atom. The molecule has 0 atom stereocenters.